The summed E-state index contributed by atoms with van der Waals surface area (Å²) in [5.41, 5.74) is 1.93. The molecule has 2 aromatic carbocycles. The van der Waals surface area contributed by atoms with Gasteiger partial charge in [-0.25, -0.2) is 0 Å². The number of hydrogen-bond acceptors (Lipinski definition) is 6. The van der Waals surface area contributed by atoms with Crippen molar-refractivity contribution in [1.82, 2.24) is 0 Å². The van der Waals surface area contributed by atoms with E-state index in [1.54, 1.807) is 0 Å². The number of ether oxygens (including phenoxy) is 4. The van der Waals surface area contributed by atoms with Crippen molar-refractivity contribution in [2.24, 2.45) is 0 Å². The Kier molecular flexibility index (Phi) is 6.74. The molecule has 2 heterocycles. The van der Waals surface area contributed by atoms with Crippen LogP contribution >= 0.6 is 0 Å². The Hall–Kier alpha value is -2.74. The Bertz CT molecular complexity index is 817. The van der Waals surface area contributed by atoms with E-state index < -0.39 is 0 Å². The Balaban J connectivity index is 1.41. The normalized spacial score (nSPS) is 27.0. The average Bonchev–Trinajstić information content (AvgIpc) is 3.37. The first-order valence-corrected chi connectivity index (χ1v) is 10.2. The third-order valence-electron chi connectivity index (χ3n) is 5.54. The van der Waals surface area contributed by atoms with E-state index >= 15 is 0 Å². The van der Waals surface area contributed by atoms with Crippen LogP contribution in [0.4, 0.5) is 0 Å². The molecule has 6 unspecified atom stereocenters. The maximum absolute atomic E-state index is 9.22. The van der Waals surface area contributed by atoms with Crippen LogP contribution in [0.15, 0.2) is 60.7 Å². The SMILES string of the molecule is N#CCC(OC1COC2C(OC(CC#N)c3ccccc3)COC12)c1ccccc1. The largest absolute Gasteiger partial charge is 0.370 e. The fourth-order valence-corrected chi connectivity index (χ4v) is 4.07. The Morgan fingerprint density at radius 3 is 1.50 bits per heavy atom. The minimum Gasteiger partial charge on any atom is -0.370 e. The summed E-state index contributed by atoms with van der Waals surface area (Å²) < 4.78 is 24.5. The van der Waals surface area contributed by atoms with Crippen molar-refractivity contribution >= 4 is 0 Å². The zero-order chi connectivity index (χ0) is 20.8. The lowest BCUT2D eigenvalue weighted by molar-refractivity contribution is -0.0868. The summed E-state index contributed by atoms with van der Waals surface area (Å²) in [7, 11) is 0. The van der Waals surface area contributed by atoms with Gasteiger partial charge in [-0.1, -0.05) is 60.7 Å². The van der Waals surface area contributed by atoms with Crippen molar-refractivity contribution in [2.75, 3.05) is 13.2 Å². The highest BCUT2D eigenvalue weighted by Crippen LogP contribution is 2.36. The predicted molar refractivity (Wildman–Crippen MR) is 108 cm³/mol. The molecule has 0 bridgehead atoms. The van der Waals surface area contributed by atoms with E-state index in [1.165, 1.54) is 0 Å². The molecule has 2 saturated heterocycles. The third kappa shape index (κ3) is 4.53. The van der Waals surface area contributed by atoms with E-state index in [2.05, 4.69) is 12.1 Å². The number of fused-ring (bicyclic) bond motifs is 1. The predicted octanol–water partition coefficient (Wildman–Crippen LogP) is 3.86. The van der Waals surface area contributed by atoms with Crippen molar-refractivity contribution in [3.05, 3.63) is 71.8 Å². The van der Waals surface area contributed by atoms with Gasteiger partial charge in [0, 0.05) is 0 Å². The van der Waals surface area contributed by atoms with Crippen molar-refractivity contribution < 1.29 is 18.9 Å². The molecule has 0 aromatic heterocycles. The van der Waals surface area contributed by atoms with Gasteiger partial charge in [-0.3, -0.25) is 0 Å². The first-order valence-electron chi connectivity index (χ1n) is 10.2. The second-order valence-electron chi connectivity index (χ2n) is 7.47. The van der Waals surface area contributed by atoms with E-state index in [-0.39, 0.29) is 49.5 Å². The molecule has 0 aliphatic carbocycles. The Morgan fingerprint density at radius 2 is 1.13 bits per heavy atom. The minimum atomic E-state index is -0.331. The number of nitriles is 2. The maximum Gasteiger partial charge on any atom is 0.115 e. The summed E-state index contributed by atoms with van der Waals surface area (Å²) in [6.07, 6.45) is -1.18. The van der Waals surface area contributed by atoms with Crippen molar-refractivity contribution in [3.63, 3.8) is 0 Å². The van der Waals surface area contributed by atoms with Crippen molar-refractivity contribution in [2.45, 2.75) is 49.5 Å². The summed E-state index contributed by atoms with van der Waals surface area (Å²) in [6, 6.07) is 23.9. The molecular weight excluding hydrogens is 380 g/mol. The van der Waals surface area contributed by atoms with E-state index in [0.29, 0.717) is 13.2 Å². The molecule has 6 heteroatoms. The highest BCUT2D eigenvalue weighted by Gasteiger charge is 2.50. The molecule has 0 N–H and O–H groups in total. The molecule has 6 atom stereocenters. The zero-order valence-electron chi connectivity index (χ0n) is 16.6. The number of nitrogens with zero attached hydrogens (tertiary/aromatic N) is 2. The van der Waals surface area contributed by atoms with E-state index in [4.69, 9.17) is 18.9 Å². The van der Waals surface area contributed by atoms with Gasteiger partial charge < -0.3 is 18.9 Å². The van der Waals surface area contributed by atoms with Crippen LogP contribution in [0.1, 0.15) is 36.2 Å². The molecule has 0 spiro atoms. The van der Waals surface area contributed by atoms with Crippen LogP contribution in [0.3, 0.4) is 0 Å². The molecule has 2 fully saturated rings. The number of hydrogen-bond donors (Lipinski definition) is 0. The van der Waals surface area contributed by atoms with E-state index in [1.807, 2.05) is 60.7 Å². The monoisotopic (exact) mass is 404 g/mol. The van der Waals surface area contributed by atoms with Gasteiger partial charge in [-0.2, -0.15) is 10.5 Å². The lowest BCUT2D eigenvalue weighted by Crippen LogP contribution is -2.35. The Labute approximate surface area is 176 Å². The lowest BCUT2D eigenvalue weighted by Gasteiger charge is -2.23. The average molecular weight is 404 g/mol. The Morgan fingerprint density at radius 1 is 0.733 bits per heavy atom. The smallest absolute Gasteiger partial charge is 0.115 e. The fraction of sp³-hybridized carbons (Fsp3) is 0.417. The van der Waals surface area contributed by atoms with Crippen LogP contribution in [-0.2, 0) is 18.9 Å². The van der Waals surface area contributed by atoms with E-state index in [0.717, 1.165) is 11.1 Å². The van der Waals surface area contributed by atoms with Gasteiger partial charge in [0.2, 0.25) is 0 Å². The molecular formula is C24H24N2O4. The van der Waals surface area contributed by atoms with Gasteiger partial charge in [0.15, 0.2) is 0 Å². The molecule has 0 saturated carbocycles. The van der Waals surface area contributed by atoms with Crippen molar-refractivity contribution in [3.8, 4) is 12.1 Å². The van der Waals surface area contributed by atoms with Gasteiger partial charge in [-0.15, -0.1) is 0 Å². The van der Waals surface area contributed by atoms with Crippen LogP contribution in [0.2, 0.25) is 0 Å². The molecule has 2 aliphatic heterocycles. The highest BCUT2D eigenvalue weighted by atomic mass is 16.6. The molecule has 0 radical (unpaired) electrons. The molecule has 6 nitrogen and oxygen atoms in total. The second-order valence-corrected chi connectivity index (χ2v) is 7.47. The standard InChI is InChI=1S/C24H24N2O4/c25-13-11-19(17-7-3-1-4-8-17)29-21-15-27-24-22(16-28-23(21)24)30-20(12-14-26)18-9-5-2-6-10-18/h1-10,19-24H,11-12,15-16H2. The minimum absolute atomic E-state index is 0.251. The van der Waals surface area contributed by atoms with Crippen LogP contribution < -0.4 is 0 Å². The summed E-state index contributed by atoms with van der Waals surface area (Å²) in [4.78, 5) is 0. The third-order valence-corrected chi connectivity index (χ3v) is 5.54. The van der Waals surface area contributed by atoms with Gasteiger partial charge >= 0.3 is 0 Å². The maximum atomic E-state index is 9.22. The fourth-order valence-electron chi connectivity index (χ4n) is 4.07. The second kappa shape index (κ2) is 9.84. The van der Waals surface area contributed by atoms with Crippen LogP contribution in [0, 0.1) is 22.7 Å². The molecule has 30 heavy (non-hydrogen) atoms. The number of rotatable bonds is 8. The molecule has 154 valence electrons. The van der Waals surface area contributed by atoms with Gasteiger partial charge in [0.05, 0.1) is 50.4 Å². The topological polar surface area (TPSA) is 84.5 Å². The molecule has 4 rings (SSSR count). The summed E-state index contributed by atoms with van der Waals surface area (Å²) in [5.74, 6) is 0. The summed E-state index contributed by atoms with van der Waals surface area (Å²) in [6.45, 7) is 0.774. The van der Waals surface area contributed by atoms with Crippen LogP contribution in [0.5, 0.6) is 0 Å². The highest BCUT2D eigenvalue weighted by molar-refractivity contribution is 5.20. The molecule has 2 aliphatic rings. The van der Waals surface area contributed by atoms with Crippen LogP contribution in [-0.4, -0.2) is 37.6 Å². The van der Waals surface area contributed by atoms with Gasteiger partial charge in [-0.05, 0) is 11.1 Å². The summed E-state index contributed by atoms with van der Waals surface area (Å²) >= 11 is 0. The summed E-state index contributed by atoms with van der Waals surface area (Å²) in [5, 5.41) is 18.4. The first kappa shape index (κ1) is 20.5. The first-order chi connectivity index (χ1) is 14.8. The van der Waals surface area contributed by atoms with E-state index in [9.17, 15) is 10.5 Å². The zero-order valence-corrected chi connectivity index (χ0v) is 16.6. The lowest BCUT2D eigenvalue weighted by atomic mass is 10.0. The van der Waals surface area contributed by atoms with Gasteiger partial charge in [0.1, 0.15) is 24.4 Å². The quantitative estimate of drug-likeness (QED) is 0.664. The molecule has 0 amide bonds. The molecule has 2 aromatic rings. The van der Waals surface area contributed by atoms with Gasteiger partial charge in [0.25, 0.3) is 0 Å². The van der Waals surface area contributed by atoms with Crippen LogP contribution in [0.25, 0.3) is 0 Å². The van der Waals surface area contributed by atoms with Crippen molar-refractivity contribution in [1.29, 1.82) is 10.5 Å². The number of benzene rings is 2.